The minimum atomic E-state index is 0.385. The van der Waals surface area contributed by atoms with Crippen LogP contribution >= 0.6 is 0 Å². The number of H-pyrrole nitrogens is 1. The van der Waals surface area contributed by atoms with Crippen LogP contribution in [0.1, 0.15) is 5.56 Å². The van der Waals surface area contributed by atoms with Crippen LogP contribution in [0.4, 0.5) is 0 Å². The van der Waals surface area contributed by atoms with Crippen molar-refractivity contribution in [3.05, 3.63) is 54.1 Å². The van der Waals surface area contributed by atoms with Crippen LogP contribution in [0.25, 0.3) is 22.2 Å². The molecule has 0 aliphatic heterocycles. The van der Waals surface area contributed by atoms with Gasteiger partial charge in [0.25, 0.3) is 0 Å². The summed E-state index contributed by atoms with van der Waals surface area (Å²) in [4.78, 5) is 3.41. The van der Waals surface area contributed by atoms with Gasteiger partial charge in [0.2, 0.25) is 0 Å². The molecule has 1 aromatic heterocycles. The lowest BCUT2D eigenvalue weighted by Crippen LogP contribution is -1.88. The molecule has 0 bridgehead atoms. The Morgan fingerprint density at radius 2 is 2.00 bits per heavy atom. The van der Waals surface area contributed by atoms with E-state index in [9.17, 15) is 0 Å². The van der Waals surface area contributed by atoms with Crippen LogP contribution in [0, 0.1) is 11.3 Å². The first kappa shape index (κ1) is 12.3. The highest BCUT2D eigenvalue weighted by atomic mass is 16.5. The molecule has 3 aromatic rings. The maximum Gasteiger partial charge on any atom is 0.119 e. The molecule has 1 heterocycles. The summed E-state index contributed by atoms with van der Waals surface area (Å²) in [5, 5.41) is 10.2. The van der Waals surface area contributed by atoms with E-state index in [0.717, 1.165) is 33.5 Å². The number of nitrogens with zero attached hydrogens (tertiary/aromatic N) is 1. The first-order chi connectivity index (χ1) is 9.83. The van der Waals surface area contributed by atoms with Crippen LogP contribution in [0.15, 0.2) is 48.5 Å². The van der Waals surface area contributed by atoms with Crippen molar-refractivity contribution in [3.8, 4) is 23.1 Å². The lowest BCUT2D eigenvalue weighted by atomic mass is 10.0. The Balaban J connectivity index is 2.24. The molecule has 3 heteroatoms. The highest BCUT2D eigenvalue weighted by molar-refractivity contribution is 5.91. The molecule has 0 saturated carbocycles. The van der Waals surface area contributed by atoms with E-state index < -0.39 is 0 Å². The average Bonchev–Trinajstić information content (AvgIpc) is 2.87. The average molecular weight is 262 g/mol. The maximum absolute atomic E-state index is 9.08. The fourth-order valence-electron chi connectivity index (χ4n) is 2.49. The number of benzene rings is 2. The van der Waals surface area contributed by atoms with Gasteiger partial charge in [0, 0.05) is 16.5 Å². The molecule has 0 radical (unpaired) electrons. The summed E-state index contributed by atoms with van der Waals surface area (Å²) < 4.78 is 5.27. The summed E-state index contributed by atoms with van der Waals surface area (Å²) in [6, 6.07) is 18.2. The predicted molar refractivity (Wildman–Crippen MR) is 79.6 cm³/mol. The molecule has 20 heavy (non-hydrogen) atoms. The largest absolute Gasteiger partial charge is 0.497 e. The monoisotopic (exact) mass is 262 g/mol. The third-order valence-corrected chi connectivity index (χ3v) is 3.43. The van der Waals surface area contributed by atoms with Crippen molar-refractivity contribution in [3.63, 3.8) is 0 Å². The standard InChI is InChI=1S/C17H14N2O/c1-20-13-6-4-5-12(11-13)17-15(9-10-18)14-7-2-3-8-16(14)19-17/h2-8,11,19H,9H2,1H3. The Morgan fingerprint density at radius 1 is 1.15 bits per heavy atom. The molecule has 3 rings (SSSR count). The smallest absolute Gasteiger partial charge is 0.119 e. The lowest BCUT2D eigenvalue weighted by Gasteiger charge is -2.04. The van der Waals surface area contributed by atoms with Gasteiger partial charge in [-0.3, -0.25) is 0 Å². The Kier molecular flexibility index (Phi) is 3.14. The first-order valence-electron chi connectivity index (χ1n) is 6.44. The number of methoxy groups -OCH3 is 1. The summed E-state index contributed by atoms with van der Waals surface area (Å²) in [5.74, 6) is 0.809. The second-order valence-electron chi connectivity index (χ2n) is 4.59. The topological polar surface area (TPSA) is 48.8 Å². The van der Waals surface area contributed by atoms with Crippen LogP contribution < -0.4 is 4.74 Å². The fraction of sp³-hybridized carbons (Fsp3) is 0.118. The summed E-state index contributed by atoms with van der Waals surface area (Å²) in [5.41, 5.74) is 4.12. The Labute approximate surface area is 117 Å². The molecule has 0 saturated heterocycles. The van der Waals surface area contributed by atoms with E-state index in [0.29, 0.717) is 6.42 Å². The molecule has 1 N–H and O–H groups in total. The molecule has 0 amide bonds. The SMILES string of the molecule is COc1cccc(-c2[nH]c3ccccc3c2CC#N)c1. The number of fused-ring (bicyclic) bond motifs is 1. The number of rotatable bonds is 3. The zero-order valence-electron chi connectivity index (χ0n) is 11.2. The molecule has 0 fully saturated rings. The van der Waals surface area contributed by atoms with E-state index in [1.807, 2.05) is 48.5 Å². The van der Waals surface area contributed by atoms with E-state index >= 15 is 0 Å². The quantitative estimate of drug-likeness (QED) is 0.778. The van der Waals surface area contributed by atoms with Gasteiger partial charge in [-0.15, -0.1) is 0 Å². The van der Waals surface area contributed by atoms with Crippen LogP contribution in [-0.4, -0.2) is 12.1 Å². The normalized spacial score (nSPS) is 10.4. The third kappa shape index (κ3) is 2.02. The molecule has 3 nitrogen and oxygen atoms in total. The Morgan fingerprint density at radius 3 is 2.80 bits per heavy atom. The minimum Gasteiger partial charge on any atom is -0.497 e. The van der Waals surface area contributed by atoms with E-state index in [-0.39, 0.29) is 0 Å². The van der Waals surface area contributed by atoms with Crippen molar-refractivity contribution in [2.75, 3.05) is 7.11 Å². The number of nitrogens with one attached hydrogen (secondary N) is 1. The van der Waals surface area contributed by atoms with Crippen molar-refractivity contribution < 1.29 is 4.74 Å². The summed E-state index contributed by atoms with van der Waals surface area (Å²) in [6.45, 7) is 0. The number of hydrogen-bond acceptors (Lipinski definition) is 2. The highest BCUT2D eigenvalue weighted by Crippen LogP contribution is 2.32. The molecule has 98 valence electrons. The van der Waals surface area contributed by atoms with E-state index in [1.54, 1.807) is 7.11 Å². The molecular formula is C17H14N2O. The van der Waals surface area contributed by atoms with Gasteiger partial charge in [0.1, 0.15) is 5.75 Å². The third-order valence-electron chi connectivity index (χ3n) is 3.43. The van der Waals surface area contributed by atoms with Crippen molar-refractivity contribution >= 4 is 10.9 Å². The highest BCUT2D eigenvalue weighted by Gasteiger charge is 2.12. The molecule has 0 atom stereocenters. The zero-order valence-corrected chi connectivity index (χ0v) is 11.2. The van der Waals surface area contributed by atoms with Gasteiger partial charge in [-0.25, -0.2) is 0 Å². The van der Waals surface area contributed by atoms with Crippen molar-refractivity contribution in [1.29, 1.82) is 5.26 Å². The molecule has 0 spiro atoms. The van der Waals surface area contributed by atoms with Gasteiger partial charge in [0.05, 0.1) is 25.3 Å². The number of aromatic nitrogens is 1. The summed E-state index contributed by atoms with van der Waals surface area (Å²) in [7, 11) is 1.65. The number of para-hydroxylation sites is 1. The molecule has 2 aromatic carbocycles. The van der Waals surface area contributed by atoms with Gasteiger partial charge in [-0.05, 0) is 23.8 Å². The van der Waals surface area contributed by atoms with Crippen LogP contribution in [0.5, 0.6) is 5.75 Å². The molecule has 0 aliphatic carbocycles. The number of aromatic amines is 1. The Bertz CT molecular complexity index is 796. The number of nitriles is 1. The molecule has 0 unspecified atom stereocenters. The summed E-state index contributed by atoms with van der Waals surface area (Å²) >= 11 is 0. The van der Waals surface area contributed by atoms with E-state index in [1.165, 1.54) is 0 Å². The number of hydrogen-bond donors (Lipinski definition) is 1. The van der Waals surface area contributed by atoms with Gasteiger partial charge in [-0.1, -0.05) is 30.3 Å². The maximum atomic E-state index is 9.08. The van der Waals surface area contributed by atoms with Gasteiger partial charge in [-0.2, -0.15) is 5.26 Å². The van der Waals surface area contributed by atoms with Gasteiger partial charge >= 0.3 is 0 Å². The molecule has 0 aliphatic rings. The van der Waals surface area contributed by atoms with Crippen molar-refractivity contribution in [1.82, 2.24) is 4.98 Å². The Hall–Kier alpha value is -2.73. The first-order valence-corrected chi connectivity index (χ1v) is 6.44. The van der Waals surface area contributed by atoms with Crippen LogP contribution in [-0.2, 0) is 6.42 Å². The fourth-order valence-corrected chi connectivity index (χ4v) is 2.49. The van der Waals surface area contributed by atoms with E-state index in [2.05, 4.69) is 11.1 Å². The van der Waals surface area contributed by atoms with Crippen molar-refractivity contribution in [2.45, 2.75) is 6.42 Å². The zero-order chi connectivity index (χ0) is 13.9. The lowest BCUT2D eigenvalue weighted by molar-refractivity contribution is 0.415. The molecular weight excluding hydrogens is 248 g/mol. The number of ether oxygens (including phenoxy) is 1. The minimum absolute atomic E-state index is 0.385. The second kappa shape index (κ2) is 5.10. The van der Waals surface area contributed by atoms with Gasteiger partial charge < -0.3 is 9.72 Å². The van der Waals surface area contributed by atoms with Crippen LogP contribution in [0.2, 0.25) is 0 Å². The summed E-state index contributed by atoms with van der Waals surface area (Å²) in [6.07, 6.45) is 0.385. The van der Waals surface area contributed by atoms with Crippen LogP contribution in [0.3, 0.4) is 0 Å². The van der Waals surface area contributed by atoms with E-state index in [4.69, 9.17) is 10.00 Å². The van der Waals surface area contributed by atoms with Gasteiger partial charge in [0.15, 0.2) is 0 Å². The predicted octanol–water partition coefficient (Wildman–Crippen LogP) is 3.91. The van der Waals surface area contributed by atoms with Crippen molar-refractivity contribution in [2.24, 2.45) is 0 Å². The second-order valence-corrected chi connectivity index (χ2v) is 4.59.